The fraction of sp³-hybridized carbons (Fsp3) is 0.500. The smallest absolute Gasteiger partial charge is 0.402 e. The topological polar surface area (TPSA) is 38.3 Å². The summed E-state index contributed by atoms with van der Waals surface area (Å²) in [7, 11) is 0. The Kier molecular flexibility index (Phi) is 4.04. The van der Waals surface area contributed by atoms with E-state index < -0.39 is 17.4 Å². The second kappa shape index (κ2) is 5.44. The van der Waals surface area contributed by atoms with Gasteiger partial charge >= 0.3 is 6.18 Å². The molecule has 1 unspecified atom stereocenters. The Morgan fingerprint density at radius 2 is 2.20 bits per heavy atom. The van der Waals surface area contributed by atoms with Crippen LogP contribution in [0.3, 0.4) is 0 Å². The van der Waals surface area contributed by atoms with E-state index in [0.717, 1.165) is 0 Å². The number of hydrogen-bond donors (Lipinski definition) is 1. The number of nitrogens with one attached hydrogen (secondary N) is 1. The van der Waals surface area contributed by atoms with E-state index >= 15 is 0 Å². The van der Waals surface area contributed by atoms with Gasteiger partial charge in [-0.2, -0.15) is 13.2 Å². The summed E-state index contributed by atoms with van der Waals surface area (Å²) in [4.78, 5) is 12.4. The lowest BCUT2D eigenvalue weighted by Gasteiger charge is -2.29. The van der Waals surface area contributed by atoms with Gasteiger partial charge in [0.2, 0.25) is 0 Å². The van der Waals surface area contributed by atoms with Crippen LogP contribution in [0, 0.1) is 5.41 Å². The maximum atomic E-state index is 13.3. The molecular weight excluding hydrogens is 271 g/mol. The number of carbonyl (C=O) groups is 1. The number of rotatable bonds is 4. The number of Topliss-reactive ketones (excluding diaryl/α,β-unsaturated/α-hetero) is 1. The highest BCUT2D eigenvalue weighted by Crippen LogP contribution is 2.45. The molecule has 1 fully saturated rings. The van der Waals surface area contributed by atoms with Gasteiger partial charge in [0.1, 0.15) is 11.2 Å². The maximum absolute atomic E-state index is 13.3. The van der Waals surface area contributed by atoms with Gasteiger partial charge in [-0.3, -0.25) is 4.79 Å². The molecule has 0 spiro atoms. The van der Waals surface area contributed by atoms with Crippen molar-refractivity contribution in [3.05, 3.63) is 29.8 Å². The van der Waals surface area contributed by atoms with E-state index in [2.05, 4.69) is 5.32 Å². The predicted molar refractivity (Wildman–Crippen MR) is 67.9 cm³/mol. The Hall–Kier alpha value is -1.56. The van der Waals surface area contributed by atoms with E-state index in [4.69, 9.17) is 4.74 Å². The predicted octanol–water partition coefficient (Wildman–Crippen LogP) is 2.81. The van der Waals surface area contributed by atoms with Crippen LogP contribution in [-0.2, 0) is 0 Å². The molecule has 20 heavy (non-hydrogen) atoms. The molecule has 0 aromatic heterocycles. The second-order valence-corrected chi connectivity index (χ2v) is 4.80. The van der Waals surface area contributed by atoms with Crippen LogP contribution in [0.5, 0.6) is 5.75 Å². The lowest BCUT2D eigenvalue weighted by atomic mass is 9.78. The van der Waals surface area contributed by atoms with E-state index in [1.165, 1.54) is 18.2 Å². The van der Waals surface area contributed by atoms with Gasteiger partial charge < -0.3 is 10.1 Å². The second-order valence-electron chi connectivity index (χ2n) is 4.80. The zero-order chi connectivity index (χ0) is 14.8. The highest BCUT2D eigenvalue weighted by molar-refractivity contribution is 6.01. The van der Waals surface area contributed by atoms with E-state index in [1.807, 2.05) is 0 Å². The maximum Gasteiger partial charge on any atom is 0.402 e. The molecule has 0 saturated carbocycles. The summed E-state index contributed by atoms with van der Waals surface area (Å²) >= 11 is 0. The van der Waals surface area contributed by atoms with Crippen LogP contribution in [0.15, 0.2) is 24.3 Å². The summed E-state index contributed by atoms with van der Waals surface area (Å²) in [5, 5.41) is 2.64. The van der Waals surface area contributed by atoms with Gasteiger partial charge in [-0.15, -0.1) is 0 Å². The Bertz CT molecular complexity index is 493. The third-order valence-electron chi connectivity index (χ3n) is 3.54. The molecule has 0 aliphatic carbocycles. The van der Waals surface area contributed by atoms with Gasteiger partial charge in [0.15, 0.2) is 5.78 Å². The molecule has 1 atom stereocenters. The minimum atomic E-state index is -4.56. The molecule has 3 nitrogen and oxygen atoms in total. The molecule has 0 radical (unpaired) electrons. The fourth-order valence-corrected chi connectivity index (χ4v) is 2.43. The minimum absolute atomic E-state index is 0.0389. The molecule has 2 rings (SSSR count). The van der Waals surface area contributed by atoms with Gasteiger partial charge in [-0.25, -0.2) is 0 Å². The standard InChI is InChI=1S/C14H16F3NO2/c1-2-20-11-5-3-4-10(8-11)12(19)13(14(15,16)17)6-7-18-9-13/h3-5,8,18H,2,6-7,9H2,1H3. The van der Waals surface area contributed by atoms with E-state index in [9.17, 15) is 18.0 Å². The summed E-state index contributed by atoms with van der Waals surface area (Å²) in [6.07, 6.45) is -4.79. The summed E-state index contributed by atoms with van der Waals surface area (Å²) in [6, 6.07) is 5.92. The van der Waals surface area contributed by atoms with E-state index in [0.29, 0.717) is 12.4 Å². The Balaban J connectivity index is 2.36. The molecule has 6 heteroatoms. The van der Waals surface area contributed by atoms with Crippen LogP contribution in [0.25, 0.3) is 0 Å². The molecule has 1 saturated heterocycles. The number of ether oxygens (including phenoxy) is 1. The van der Waals surface area contributed by atoms with Gasteiger partial charge in [-0.1, -0.05) is 12.1 Å². The largest absolute Gasteiger partial charge is 0.494 e. The van der Waals surface area contributed by atoms with Crippen molar-refractivity contribution in [1.82, 2.24) is 5.32 Å². The van der Waals surface area contributed by atoms with Crippen LogP contribution in [-0.4, -0.2) is 31.7 Å². The molecule has 1 heterocycles. The van der Waals surface area contributed by atoms with Crippen molar-refractivity contribution in [2.45, 2.75) is 19.5 Å². The van der Waals surface area contributed by atoms with Gasteiger partial charge in [0, 0.05) is 12.1 Å². The number of halogens is 3. The third kappa shape index (κ3) is 2.52. The quantitative estimate of drug-likeness (QED) is 0.865. The molecule has 1 aromatic carbocycles. The molecule has 0 amide bonds. The van der Waals surface area contributed by atoms with Crippen molar-refractivity contribution < 1.29 is 22.7 Å². The van der Waals surface area contributed by atoms with Crippen LogP contribution >= 0.6 is 0 Å². The Morgan fingerprint density at radius 1 is 1.45 bits per heavy atom. The van der Waals surface area contributed by atoms with Crippen molar-refractivity contribution in [2.24, 2.45) is 5.41 Å². The monoisotopic (exact) mass is 287 g/mol. The molecule has 110 valence electrons. The Morgan fingerprint density at radius 3 is 2.75 bits per heavy atom. The Labute approximate surface area is 115 Å². The lowest BCUT2D eigenvalue weighted by Crippen LogP contribution is -2.46. The van der Waals surface area contributed by atoms with Gasteiger partial charge in [0.25, 0.3) is 0 Å². The first-order valence-corrected chi connectivity index (χ1v) is 6.46. The number of alkyl halides is 3. The van der Waals surface area contributed by atoms with Gasteiger partial charge in [-0.05, 0) is 32.0 Å². The summed E-state index contributed by atoms with van der Waals surface area (Å²) < 4.78 is 45.2. The zero-order valence-electron chi connectivity index (χ0n) is 11.1. The van der Waals surface area contributed by atoms with E-state index in [1.54, 1.807) is 13.0 Å². The highest BCUT2D eigenvalue weighted by Gasteiger charge is 2.61. The van der Waals surface area contributed by atoms with Crippen molar-refractivity contribution in [2.75, 3.05) is 19.7 Å². The first-order valence-electron chi connectivity index (χ1n) is 6.46. The van der Waals surface area contributed by atoms with Crippen molar-refractivity contribution in [3.8, 4) is 5.75 Å². The molecule has 1 aliphatic rings. The van der Waals surface area contributed by atoms with E-state index in [-0.39, 0.29) is 25.1 Å². The van der Waals surface area contributed by atoms with Crippen LogP contribution in [0.1, 0.15) is 23.7 Å². The van der Waals surface area contributed by atoms with Crippen molar-refractivity contribution in [3.63, 3.8) is 0 Å². The minimum Gasteiger partial charge on any atom is -0.494 e. The molecular formula is C14H16F3NO2. The van der Waals surface area contributed by atoms with Crippen LogP contribution in [0.4, 0.5) is 13.2 Å². The molecule has 1 aliphatic heterocycles. The highest BCUT2D eigenvalue weighted by atomic mass is 19.4. The number of carbonyl (C=O) groups excluding carboxylic acids is 1. The number of benzene rings is 1. The van der Waals surface area contributed by atoms with Crippen LogP contribution < -0.4 is 10.1 Å². The average Bonchev–Trinajstić information content (AvgIpc) is 2.89. The molecule has 1 aromatic rings. The SMILES string of the molecule is CCOc1cccc(C(=O)C2(C(F)(F)F)CCNC2)c1. The molecule has 1 N–H and O–H groups in total. The summed E-state index contributed by atoms with van der Waals surface area (Å²) in [6.45, 7) is 1.99. The van der Waals surface area contributed by atoms with Crippen molar-refractivity contribution in [1.29, 1.82) is 0 Å². The zero-order valence-corrected chi connectivity index (χ0v) is 11.1. The third-order valence-corrected chi connectivity index (χ3v) is 3.54. The number of ketones is 1. The van der Waals surface area contributed by atoms with Crippen molar-refractivity contribution >= 4 is 5.78 Å². The first kappa shape index (κ1) is 14.8. The van der Waals surface area contributed by atoms with Gasteiger partial charge in [0.05, 0.1) is 6.61 Å². The average molecular weight is 287 g/mol. The normalized spacial score (nSPS) is 22.8. The van der Waals surface area contributed by atoms with Crippen LogP contribution in [0.2, 0.25) is 0 Å². The molecule has 0 bridgehead atoms. The summed E-state index contributed by atoms with van der Waals surface area (Å²) in [5.41, 5.74) is -2.28. The summed E-state index contributed by atoms with van der Waals surface area (Å²) in [5.74, 6) is -0.488. The lowest BCUT2D eigenvalue weighted by molar-refractivity contribution is -0.197. The number of hydrogen-bond acceptors (Lipinski definition) is 3. The fourth-order valence-electron chi connectivity index (χ4n) is 2.43. The first-order chi connectivity index (χ1) is 9.40.